The summed E-state index contributed by atoms with van der Waals surface area (Å²) in [5, 5.41) is 9.61. The van der Waals surface area contributed by atoms with E-state index in [9.17, 15) is 4.79 Å². The van der Waals surface area contributed by atoms with E-state index in [4.69, 9.17) is 27.2 Å². The van der Waals surface area contributed by atoms with Gasteiger partial charge in [0.05, 0.1) is 0 Å². The van der Waals surface area contributed by atoms with Crippen molar-refractivity contribution in [2.24, 2.45) is 5.73 Å². The number of aliphatic hydroxyl groups excluding tert-OH is 1. The predicted molar refractivity (Wildman–Crippen MR) is 56.3 cm³/mol. The molecule has 0 aliphatic carbocycles. The lowest BCUT2D eigenvalue weighted by Crippen LogP contribution is -2.30. The van der Waals surface area contributed by atoms with Gasteiger partial charge in [-0.3, -0.25) is 0 Å². The summed E-state index contributed by atoms with van der Waals surface area (Å²) in [4.78, 5) is 11.0. The van der Waals surface area contributed by atoms with Gasteiger partial charge in [0.15, 0.2) is 6.10 Å². The van der Waals surface area contributed by atoms with Crippen molar-refractivity contribution in [3.63, 3.8) is 0 Å². The first-order valence-electron chi connectivity index (χ1n) is 4.42. The van der Waals surface area contributed by atoms with Crippen molar-refractivity contribution >= 4 is 17.6 Å². The molecule has 0 aliphatic rings. The van der Waals surface area contributed by atoms with Crippen molar-refractivity contribution in [3.05, 3.63) is 34.9 Å². The third kappa shape index (κ3) is 3.87. The van der Waals surface area contributed by atoms with Gasteiger partial charge in [0.25, 0.3) is 0 Å². The molecule has 0 radical (unpaired) electrons. The van der Waals surface area contributed by atoms with Crippen LogP contribution in [0.25, 0.3) is 0 Å². The zero-order valence-electron chi connectivity index (χ0n) is 8.02. The molecular weight excluding hydrogens is 218 g/mol. The minimum Gasteiger partial charge on any atom is -0.459 e. The van der Waals surface area contributed by atoms with Crippen LogP contribution in [0.15, 0.2) is 24.3 Å². The molecular formula is C10H12ClNO3. The van der Waals surface area contributed by atoms with Gasteiger partial charge in [-0.2, -0.15) is 0 Å². The van der Waals surface area contributed by atoms with Crippen molar-refractivity contribution in [1.29, 1.82) is 0 Å². The lowest BCUT2D eigenvalue weighted by atomic mass is 10.2. The van der Waals surface area contributed by atoms with Crippen molar-refractivity contribution in [3.8, 4) is 0 Å². The van der Waals surface area contributed by atoms with Gasteiger partial charge >= 0.3 is 5.97 Å². The van der Waals surface area contributed by atoms with Gasteiger partial charge in [-0.25, -0.2) is 4.79 Å². The van der Waals surface area contributed by atoms with E-state index in [1.165, 1.54) is 0 Å². The first kappa shape index (κ1) is 12.0. The van der Waals surface area contributed by atoms with Gasteiger partial charge < -0.3 is 15.6 Å². The second-order valence-corrected chi connectivity index (χ2v) is 3.43. The Morgan fingerprint density at radius 3 is 2.93 bits per heavy atom. The molecule has 1 rings (SSSR count). The third-order valence-electron chi connectivity index (χ3n) is 1.77. The smallest absolute Gasteiger partial charge is 0.336 e. The van der Waals surface area contributed by atoms with Gasteiger partial charge in [-0.15, -0.1) is 0 Å². The standard InChI is InChI=1S/C10H12ClNO3/c11-8-3-1-2-7(4-8)6-15-10(14)9(13)5-12/h1-4,9,13H,5-6,12H2. The molecule has 0 amide bonds. The fourth-order valence-electron chi connectivity index (χ4n) is 0.974. The zero-order chi connectivity index (χ0) is 11.3. The van der Waals surface area contributed by atoms with Crippen LogP contribution in [-0.4, -0.2) is 23.7 Å². The topological polar surface area (TPSA) is 72.5 Å². The summed E-state index contributed by atoms with van der Waals surface area (Å²) >= 11 is 5.74. The minimum absolute atomic E-state index is 0.0798. The molecule has 1 atom stereocenters. The Morgan fingerprint density at radius 1 is 1.60 bits per heavy atom. The monoisotopic (exact) mass is 229 g/mol. The second kappa shape index (κ2) is 5.70. The maximum absolute atomic E-state index is 11.0. The van der Waals surface area contributed by atoms with Crippen molar-refractivity contribution in [2.45, 2.75) is 12.7 Å². The fourth-order valence-corrected chi connectivity index (χ4v) is 1.19. The number of hydrogen-bond acceptors (Lipinski definition) is 4. The molecule has 4 nitrogen and oxygen atoms in total. The van der Waals surface area contributed by atoms with Crippen LogP contribution >= 0.6 is 11.6 Å². The Hall–Kier alpha value is -1.10. The van der Waals surface area contributed by atoms with E-state index in [0.29, 0.717) is 5.02 Å². The van der Waals surface area contributed by atoms with Crippen molar-refractivity contribution < 1.29 is 14.6 Å². The lowest BCUT2D eigenvalue weighted by molar-refractivity contribution is -0.154. The molecule has 1 unspecified atom stereocenters. The van der Waals surface area contributed by atoms with Gasteiger partial charge in [-0.1, -0.05) is 23.7 Å². The van der Waals surface area contributed by atoms with Crippen molar-refractivity contribution in [1.82, 2.24) is 0 Å². The van der Waals surface area contributed by atoms with Gasteiger partial charge in [0.1, 0.15) is 6.61 Å². The van der Waals surface area contributed by atoms with E-state index >= 15 is 0 Å². The Morgan fingerprint density at radius 2 is 2.33 bits per heavy atom. The first-order valence-corrected chi connectivity index (χ1v) is 4.80. The lowest BCUT2D eigenvalue weighted by Gasteiger charge is -2.08. The Bertz CT molecular complexity index is 343. The maximum Gasteiger partial charge on any atom is 0.336 e. The number of carbonyl (C=O) groups excluding carboxylic acids is 1. The molecule has 1 aromatic carbocycles. The van der Waals surface area contributed by atoms with E-state index in [1.807, 2.05) is 0 Å². The summed E-state index contributed by atoms with van der Waals surface area (Å²) < 4.78 is 4.81. The van der Waals surface area contributed by atoms with E-state index in [0.717, 1.165) is 5.56 Å². The summed E-state index contributed by atoms with van der Waals surface area (Å²) in [5.74, 6) is -0.725. The Balaban J connectivity index is 2.47. The molecule has 15 heavy (non-hydrogen) atoms. The van der Waals surface area contributed by atoms with E-state index < -0.39 is 12.1 Å². The second-order valence-electron chi connectivity index (χ2n) is 2.99. The summed E-state index contributed by atoms with van der Waals surface area (Å²) in [6.45, 7) is -0.0647. The van der Waals surface area contributed by atoms with Crippen LogP contribution in [0.5, 0.6) is 0 Å². The van der Waals surface area contributed by atoms with Crippen LogP contribution < -0.4 is 5.73 Å². The molecule has 0 spiro atoms. The molecule has 3 N–H and O–H groups in total. The van der Waals surface area contributed by atoms with E-state index in [-0.39, 0.29) is 13.2 Å². The van der Waals surface area contributed by atoms with Gasteiger partial charge in [0, 0.05) is 11.6 Å². The molecule has 0 aromatic heterocycles. The quantitative estimate of drug-likeness (QED) is 0.746. The third-order valence-corrected chi connectivity index (χ3v) is 2.00. The highest BCUT2D eigenvalue weighted by atomic mass is 35.5. The van der Waals surface area contributed by atoms with E-state index in [1.54, 1.807) is 24.3 Å². The van der Waals surface area contributed by atoms with Gasteiger partial charge in [0.2, 0.25) is 0 Å². The van der Waals surface area contributed by atoms with E-state index in [2.05, 4.69) is 0 Å². The number of halogens is 1. The normalized spacial score (nSPS) is 12.2. The summed E-state index contributed by atoms with van der Waals surface area (Å²) in [7, 11) is 0. The number of aliphatic hydroxyl groups is 1. The number of nitrogens with two attached hydrogens (primary N) is 1. The highest BCUT2D eigenvalue weighted by molar-refractivity contribution is 6.30. The average Bonchev–Trinajstić information content (AvgIpc) is 2.25. The molecule has 0 saturated carbocycles. The fraction of sp³-hybridized carbons (Fsp3) is 0.300. The zero-order valence-corrected chi connectivity index (χ0v) is 8.78. The SMILES string of the molecule is NCC(O)C(=O)OCc1cccc(Cl)c1. The molecule has 0 fully saturated rings. The largest absolute Gasteiger partial charge is 0.459 e. The van der Waals surface area contributed by atoms with Gasteiger partial charge in [-0.05, 0) is 17.7 Å². The number of benzene rings is 1. The molecule has 0 saturated heterocycles. The van der Waals surface area contributed by atoms with Crippen LogP contribution in [-0.2, 0) is 16.1 Å². The Labute approximate surface area is 92.6 Å². The number of hydrogen-bond donors (Lipinski definition) is 2. The Kier molecular flexibility index (Phi) is 4.55. The number of carbonyl (C=O) groups is 1. The highest BCUT2D eigenvalue weighted by Gasteiger charge is 2.13. The minimum atomic E-state index is -1.26. The molecule has 0 aliphatic heterocycles. The molecule has 82 valence electrons. The molecule has 0 heterocycles. The maximum atomic E-state index is 11.0. The average molecular weight is 230 g/mol. The van der Waals surface area contributed by atoms with Crippen LogP contribution in [0.1, 0.15) is 5.56 Å². The number of rotatable bonds is 4. The summed E-state index contributed by atoms with van der Waals surface area (Å²) in [6, 6.07) is 6.93. The molecule has 5 heteroatoms. The van der Waals surface area contributed by atoms with Crippen LogP contribution in [0.3, 0.4) is 0 Å². The summed E-state index contributed by atoms with van der Waals surface area (Å²) in [5.41, 5.74) is 5.86. The molecule has 0 bridgehead atoms. The number of esters is 1. The van der Waals surface area contributed by atoms with Crippen LogP contribution in [0.2, 0.25) is 5.02 Å². The van der Waals surface area contributed by atoms with Crippen LogP contribution in [0.4, 0.5) is 0 Å². The predicted octanol–water partition coefficient (Wildman–Crippen LogP) is 0.703. The van der Waals surface area contributed by atoms with Crippen LogP contribution in [0, 0.1) is 0 Å². The molecule has 1 aromatic rings. The van der Waals surface area contributed by atoms with Crippen molar-refractivity contribution in [2.75, 3.05) is 6.54 Å². The highest BCUT2D eigenvalue weighted by Crippen LogP contribution is 2.11. The number of ether oxygens (including phenoxy) is 1. The first-order chi connectivity index (χ1) is 7.13. The summed E-state index contributed by atoms with van der Waals surface area (Å²) in [6.07, 6.45) is -1.26.